The van der Waals surface area contributed by atoms with Gasteiger partial charge in [-0.15, -0.1) is 0 Å². The van der Waals surface area contributed by atoms with Gasteiger partial charge in [0.15, 0.2) is 6.23 Å². The largest absolute Gasteiger partial charge is 0.394 e. The minimum absolute atomic E-state index is 0.259. The van der Waals surface area contributed by atoms with Crippen LogP contribution in [0.3, 0.4) is 0 Å². The summed E-state index contributed by atoms with van der Waals surface area (Å²) in [4.78, 5) is 108. The highest BCUT2D eigenvalue weighted by Crippen LogP contribution is 2.31. The fraction of sp³-hybridized carbons (Fsp3) is 0.429. The summed E-state index contributed by atoms with van der Waals surface area (Å²) >= 11 is 0. The normalized spacial score (nSPS) is 25.6. The van der Waals surface area contributed by atoms with Gasteiger partial charge in [0.05, 0.1) is 31.4 Å². The number of hydrogen-bond donors (Lipinski definition) is 6. The van der Waals surface area contributed by atoms with Gasteiger partial charge in [0.25, 0.3) is 11.8 Å². The third-order valence-electron chi connectivity index (χ3n) is 15.0. The molecule has 4 aromatic rings. The van der Waals surface area contributed by atoms with E-state index in [1.807, 2.05) is 85.0 Å². The minimum Gasteiger partial charge on any atom is -0.394 e. The molecule has 5 aliphatic heterocycles. The van der Waals surface area contributed by atoms with E-state index in [9.17, 15) is 65.4 Å². The van der Waals surface area contributed by atoms with Crippen molar-refractivity contribution in [2.24, 2.45) is 0 Å². The number of sulfonamides is 1. The summed E-state index contributed by atoms with van der Waals surface area (Å²) in [6.45, 7) is -0.635. The van der Waals surface area contributed by atoms with Crippen LogP contribution in [0.1, 0.15) is 97.8 Å². The molecule has 79 heavy (non-hydrogen) atoms. The first-order valence-corrected chi connectivity index (χ1v) is 30.0. The molecule has 1 unspecified atom stereocenters. The van der Waals surface area contributed by atoms with Gasteiger partial charge in [-0.3, -0.25) is 38.4 Å². The first kappa shape index (κ1) is 57.8. The molecule has 0 bridgehead atoms. The van der Waals surface area contributed by atoms with Crippen molar-refractivity contribution in [3.63, 3.8) is 0 Å². The van der Waals surface area contributed by atoms with Crippen LogP contribution in [-0.4, -0.2) is 161 Å². The van der Waals surface area contributed by atoms with Crippen molar-refractivity contribution in [2.45, 2.75) is 132 Å². The number of carbonyl (C=O) groups excluding carboxylic acids is 8. The molecule has 0 aliphatic carbocycles. The van der Waals surface area contributed by atoms with Crippen LogP contribution in [0, 0.1) is 0 Å². The molecule has 6 N–H and O–H groups in total. The Balaban J connectivity index is 0.000000208. The van der Waals surface area contributed by atoms with Crippen molar-refractivity contribution in [3.05, 3.63) is 120 Å². The molecule has 0 aromatic heterocycles. The molecule has 3 saturated heterocycles. The summed E-state index contributed by atoms with van der Waals surface area (Å²) in [7, 11) is -7.99. The van der Waals surface area contributed by atoms with Crippen molar-refractivity contribution in [2.75, 3.05) is 19.1 Å². The van der Waals surface area contributed by atoms with Crippen LogP contribution >= 0.6 is 0 Å². The third kappa shape index (κ3) is 13.6. The average Bonchev–Trinajstić information content (AvgIpc) is 3.84. The summed E-state index contributed by atoms with van der Waals surface area (Å²) in [5.41, 5.74) is 0.829. The second kappa shape index (κ2) is 24.8. The highest BCUT2D eigenvalue weighted by atomic mass is 32.2. The lowest BCUT2D eigenvalue weighted by Gasteiger charge is -2.43. The predicted molar refractivity (Wildman–Crippen MR) is 291 cm³/mol. The molecule has 3 fully saturated rings. The Morgan fingerprint density at radius 2 is 1.06 bits per heavy atom. The van der Waals surface area contributed by atoms with Crippen LogP contribution in [0.5, 0.6) is 0 Å². The molecule has 0 saturated carbocycles. The minimum atomic E-state index is -4.02. The molecule has 5 aliphatic rings. The first-order valence-electron chi connectivity index (χ1n) is 26.3. The molecule has 21 nitrogen and oxygen atoms in total. The highest BCUT2D eigenvalue weighted by Gasteiger charge is 2.48. The summed E-state index contributed by atoms with van der Waals surface area (Å²) in [5, 5.41) is 33.7. The maximum atomic E-state index is 13.9. The number of rotatable bonds is 12. The monoisotopic (exact) mass is 1120 g/mol. The van der Waals surface area contributed by atoms with E-state index in [2.05, 4.69) is 21.3 Å². The Morgan fingerprint density at radius 3 is 1.51 bits per heavy atom. The SMILES string of the molecule is CS(=O)(=O)C(=O)C[C@@H](CO)NC(=O)[C@@H]1CCC[C@@H]2C/C=C\C[C@H](NC(=O)c3ccc4ccccc4c3)C(=O)N21.CS(=O)(=O)N1C(=O)C[C@H](NC(=O)[C@@H]2CCC[C@@H]3C/C=C\C[C@H](NC(=O)c4ccc5ccccc5c4)C(=O)N32)C1O. The van der Waals surface area contributed by atoms with E-state index in [4.69, 9.17) is 0 Å². The van der Waals surface area contributed by atoms with Gasteiger partial charge in [-0.2, -0.15) is 0 Å². The van der Waals surface area contributed by atoms with Crippen molar-refractivity contribution in [1.82, 2.24) is 35.4 Å². The molecule has 4 aromatic carbocycles. The molecular weight excluding hydrogens is 1060 g/mol. The quantitative estimate of drug-likeness (QED) is 0.111. The van der Waals surface area contributed by atoms with E-state index < -0.39 is 110 Å². The van der Waals surface area contributed by atoms with Crippen LogP contribution in [0.2, 0.25) is 0 Å². The zero-order valence-electron chi connectivity index (χ0n) is 43.7. The van der Waals surface area contributed by atoms with Gasteiger partial charge in [0.1, 0.15) is 24.2 Å². The Labute approximate surface area is 457 Å². The van der Waals surface area contributed by atoms with Crippen molar-refractivity contribution >= 4 is 87.9 Å². The lowest BCUT2D eigenvalue weighted by atomic mass is 9.90. The van der Waals surface area contributed by atoms with Gasteiger partial charge < -0.3 is 41.3 Å². The molecule has 23 heteroatoms. The van der Waals surface area contributed by atoms with Gasteiger partial charge >= 0.3 is 0 Å². The lowest BCUT2D eigenvalue weighted by Crippen LogP contribution is -2.62. The van der Waals surface area contributed by atoms with Gasteiger partial charge in [-0.05, 0) is 110 Å². The number of benzene rings is 4. The van der Waals surface area contributed by atoms with E-state index in [-0.39, 0.29) is 43.2 Å². The zero-order chi connectivity index (χ0) is 56.8. The number of aliphatic hydroxyl groups excluding tert-OH is 2. The number of hydrogen-bond acceptors (Lipinski definition) is 14. The standard InChI is InChI=1S/C28H32N4O7S.C28H33N3O7S/c1-40(38,39)32-24(33)16-22(28(32)37)30-26(35)23-12-6-10-20-9-4-5-11-21(27(36)31(20)23)29-25(34)19-14-13-17-7-2-3-8-18(17)15-19;1-39(37,38)25(33)16-21(17-32)29-27(35)24-12-6-10-22-9-4-5-11-23(28(36)31(22)24)30-26(34)20-14-13-18-7-2-3-8-19(18)15-20/h2-5,7-8,13-15,20-23,28,37H,6,9-12,16H2,1H3,(H,29,34)(H,30,35);2-5,7-8,13-15,21-24,32H,6,9-12,16-17H2,1H3,(H,29,35)(H,30,34)/b2*5-4-/t20-,21-,22-,23-,28?;21-,22-,23-,24-/m00/s1. The van der Waals surface area contributed by atoms with E-state index >= 15 is 0 Å². The molecule has 9 atom stereocenters. The number of piperidine rings is 2. The lowest BCUT2D eigenvalue weighted by molar-refractivity contribution is -0.148. The first-order chi connectivity index (χ1) is 37.6. The second-order valence-corrected chi connectivity index (χ2v) is 24.5. The second-order valence-electron chi connectivity index (χ2n) is 20.7. The van der Waals surface area contributed by atoms with Crippen molar-refractivity contribution < 1.29 is 65.4 Å². The fourth-order valence-electron chi connectivity index (χ4n) is 11.0. The maximum Gasteiger partial charge on any atom is 0.251 e. The maximum absolute atomic E-state index is 13.9. The number of sulfone groups is 1. The molecule has 9 rings (SSSR count). The number of amides is 7. The van der Waals surface area contributed by atoms with E-state index in [1.54, 1.807) is 24.3 Å². The molecule has 5 heterocycles. The highest BCUT2D eigenvalue weighted by molar-refractivity contribution is 8.05. The molecule has 420 valence electrons. The van der Waals surface area contributed by atoms with Gasteiger partial charge in [0, 0.05) is 35.9 Å². The van der Waals surface area contributed by atoms with Crippen LogP contribution in [0.25, 0.3) is 21.5 Å². The molecule has 0 radical (unpaired) electrons. The van der Waals surface area contributed by atoms with Crippen LogP contribution in [0.4, 0.5) is 0 Å². The van der Waals surface area contributed by atoms with E-state index in [0.717, 1.165) is 34.1 Å². The fourth-order valence-corrected chi connectivity index (χ4v) is 12.5. The average molecular weight is 1120 g/mol. The summed E-state index contributed by atoms with van der Waals surface area (Å²) in [6, 6.07) is 19.6. The Kier molecular flexibility index (Phi) is 18.1. The number of nitrogens with one attached hydrogen (secondary N) is 4. The number of nitrogens with zero attached hydrogens (tertiary/aromatic N) is 3. The molecule has 0 spiro atoms. The Hall–Kier alpha value is -7.34. The summed E-state index contributed by atoms with van der Waals surface area (Å²) in [5.74, 6) is -3.53. The summed E-state index contributed by atoms with van der Waals surface area (Å²) in [6.07, 6.45) is 11.6. The number of aliphatic hydroxyl groups is 2. The van der Waals surface area contributed by atoms with Gasteiger partial charge in [0.2, 0.25) is 54.5 Å². The Bertz CT molecular complexity index is 3330. The topological polar surface area (TPSA) is 303 Å². The van der Waals surface area contributed by atoms with Gasteiger partial charge in [-0.1, -0.05) is 85.0 Å². The molecular formula is C56H65N7O14S2. The van der Waals surface area contributed by atoms with Crippen molar-refractivity contribution in [3.8, 4) is 0 Å². The van der Waals surface area contributed by atoms with Crippen LogP contribution < -0.4 is 21.3 Å². The predicted octanol–water partition coefficient (Wildman–Crippen LogP) is 2.51. The van der Waals surface area contributed by atoms with E-state index in [1.165, 1.54) is 9.80 Å². The van der Waals surface area contributed by atoms with Crippen LogP contribution in [0.15, 0.2) is 109 Å². The third-order valence-corrected chi connectivity index (χ3v) is 17.2. The summed E-state index contributed by atoms with van der Waals surface area (Å²) < 4.78 is 47.3. The Morgan fingerprint density at radius 1 is 0.608 bits per heavy atom. The smallest absolute Gasteiger partial charge is 0.251 e. The van der Waals surface area contributed by atoms with Crippen molar-refractivity contribution in [1.29, 1.82) is 0 Å². The number of carbonyl (C=O) groups is 8. The zero-order valence-corrected chi connectivity index (χ0v) is 45.4. The van der Waals surface area contributed by atoms with Gasteiger partial charge in [-0.25, -0.2) is 21.1 Å². The van der Waals surface area contributed by atoms with Crippen LogP contribution in [-0.2, 0) is 48.6 Å². The molecule has 7 amide bonds. The van der Waals surface area contributed by atoms with E-state index in [0.29, 0.717) is 66.8 Å². The number of fused-ring (bicyclic) bond motifs is 4.